The quantitative estimate of drug-likeness (QED) is 0.346. The number of aliphatic carboxylic acids is 1. The number of rotatable bonds is 9. The zero-order chi connectivity index (χ0) is 23.8. The average Bonchev–Trinajstić information content (AvgIpc) is 2.80. The lowest BCUT2D eigenvalue weighted by Crippen LogP contribution is -2.10. The maximum Gasteiger partial charge on any atom is 0.328 e. The Kier molecular flexibility index (Phi) is 8.11. The Morgan fingerprint density at radius 3 is 2.15 bits per heavy atom. The van der Waals surface area contributed by atoms with Crippen LogP contribution in [0.15, 0.2) is 72.8 Å². The summed E-state index contributed by atoms with van der Waals surface area (Å²) < 4.78 is 6.09. The molecule has 0 aliphatic rings. The van der Waals surface area contributed by atoms with Gasteiger partial charge in [-0.15, -0.1) is 0 Å². The topological polar surface area (TPSA) is 46.5 Å². The van der Waals surface area contributed by atoms with E-state index in [1.807, 2.05) is 18.2 Å². The Balaban J connectivity index is 1.80. The van der Waals surface area contributed by atoms with Gasteiger partial charge in [-0.05, 0) is 64.3 Å². The van der Waals surface area contributed by atoms with Crippen LogP contribution in [0, 0.1) is 0 Å². The van der Waals surface area contributed by atoms with E-state index < -0.39 is 5.97 Å². The molecular weight excluding hydrogens is 408 g/mol. The van der Waals surface area contributed by atoms with Crippen molar-refractivity contribution >= 4 is 12.0 Å². The van der Waals surface area contributed by atoms with Gasteiger partial charge in [-0.3, -0.25) is 0 Å². The molecule has 0 amide bonds. The predicted octanol–water partition coefficient (Wildman–Crippen LogP) is 7.67. The Bertz CT molecular complexity index is 1080. The number of carboxylic acids is 1. The average molecular weight is 443 g/mol. The van der Waals surface area contributed by atoms with Crippen LogP contribution >= 0.6 is 0 Å². The van der Waals surface area contributed by atoms with Gasteiger partial charge in [0.1, 0.15) is 12.4 Å². The third-order valence-corrected chi connectivity index (χ3v) is 5.74. The Hall–Kier alpha value is -3.33. The van der Waals surface area contributed by atoms with Gasteiger partial charge in [0.2, 0.25) is 0 Å². The Morgan fingerprint density at radius 1 is 0.909 bits per heavy atom. The van der Waals surface area contributed by atoms with Gasteiger partial charge in [0.15, 0.2) is 0 Å². The van der Waals surface area contributed by atoms with Crippen molar-refractivity contribution in [1.29, 1.82) is 0 Å². The van der Waals surface area contributed by atoms with Gasteiger partial charge in [-0.2, -0.15) is 0 Å². The van der Waals surface area contributed by atoms with Gasteiger partial charge in [0.05, 0.1) is 0 Å². The second-order valence-electron chi connectivity index (χ2n) is 9.46. The number of hydrogen-bond acceptors (Lipinski definition) is 2. The summed E-state index contributed by atoms with van der Waals surface area (Å²) >= 11 is 0. The maximum absolute atomic E-state index is 11.1. The zero-order valence-electron chi connectivity index (χ0n) is 20.1. The number of benzene rings is 3. The molecule has 0 atom stereocenters. The SMILES string of the molecule is CCCCc1ccc(-c2ccc(OCc3ccc(C(C)(C)C)cc3)c(C=CC(=O)O)c2)cc1. The first-order valence-electron chi connectivity index (χ1n) is 11.6. The Morgan fingerprint density at radius 2 is 1.55 bits per heavy atom. The highest BCUT2D eigenvalue weighted by Gasteiger charge is 2.13. The minimum Gasteiger partial charge on any atom is -0.488 e. The molecule has 0 unspecified atom stereocenters. The molecule has 1 N–H and O–H groups in total. The molecule has 3 aromatic rings. The maximum atomic E-state index is 11.1. The molecule has 0 saturated heterocycles. The second-order valence-corrected chi connectivity index (χ2v) is 9.46. The molecule has 3 rings (SSSR count). The van der Waals surface area contributed by atoms with E-state index in [1.54, 1.807) is 6.08 Å². The van der Waals surface area contributed by atoms with Crippen molar-refractivity contribution in [2.75, 3.05) is 0 Å². The molecule has 0 radical (unpaired) electrons. The molecule has 0 saturated carbocycles. The van der Waals surface area contributed by atoms with Crippen LogP contribution in [0.2, 0.25) is 0 Å². The minimum atomic E-state index is -0.982. The smallest absolute Gasteiger partial charge is 0.328 e. The van der Waals surface area contributed by atoms with Gasteiger partial charge in [0.25, 0.3) is 0 Å². The number of carboxylic acid groups (broad SMARTS) is 1. The minimum absolute atomic E-state index is 0.109. The van der Waals surface area contributed by atoms with Gasteiger partial charge in [0, 0.05) is 11.6 Å². The van der Waals surface area contributed by atoms with Crippen LogP contribution < -0.4 is 4.74 Å². The van der Waals surface area contributed by atoms with E-state index in [1.165, 1.54) is 24.0 Å². The molecule has 0 heterocycles. The zero-order valence-corrected chi connectivity index (χ0v) is 20.1. The van der Waals surface area contributed by atoms with Gasteiger partial charge in [-0.1, -0.05) is 88.7 Å². The first-order valence-corrected chi connectivity index (χ1v) is 11.6. The molecule has 3 heteroatoms. The number of unbranched alkanes of at least 4 members (excludes halogenated alkanes) is 1. The van der Waals surface area contributed by atoms with Crippen LogP contribution in [0.5, 0.6) is 5.75 Å². The van der Waals surface area contributed by atoms with Crippen molar-refractivity contribution in [3.05, 3.63) is 95.1 Å². The molecule has 0 aliphatic carbocycles. The first kappa shape index (κ1) is 24.3. The summed E-state index contributed by atoms with van der Waals surface area (Å²) in [6.07, 6.45) is 6.21. The fourth-order valence-corrected chi connectivity index (χ4v) is 3.66. The normalized spacial score (nSPS) is 11.6. The molecule has 0 aromatic heterocycles. The monoisotopic (exact) mass is 442 g/mol. The third kappa shape index (κ3) is 7.08. The highest BCUT2D eigenvalue weighted by atomic mass is 16.5. The van der Waals surface area contributed by atoms with E-state index in [2.05, 4.69) is 76.2 Å². The molecular formula is C30H34O3. The molecule has 0 bridgehead atoms. The van der Waals surface area contributed by atoms with Crippen LogP contribution in [0.25, 0.3) is 17.2 Å². The number of aryl methyl sites for hydroxylation is 1. The lowest BCUT2D eigenvalue weighted by Gasteiger charge is -2.19. The summed E-state index contributed by atoms with van der Waals surface area (Å²) in [5.41, 5.74) is 6.68. The molecule has 0 fully saturated rings. The standard InChI is InChI=1S/C30H34O3/c1-5-6-7-22-8-12-24(13-9-22)25-14-18-28(26(20-25)15-19-29(31)32)33-21-23-10-16-27(17-11-23)30(2,3)4/h8-20H,5-7,21H2,1-4H3,(H,31,32). The highest BCUT2D eigenvalue weighted by Crippen LogP contribution is 2.29. The number of ether oxygens (including phenoxy) is 1. The fraction of sp³-hybridized carbons (Fsp3) is 0.300. The summed E-state index contributed by atoms with van der Waals surface area (Å²) in [6, 6.07) is 23.0. The van der Waals surface area contributed by atoms with E-state index in [9.17, 15) is 4.79 Å². The highest BCUT2D eigenvalue weighted by molar-refractivity contribution is 5.86. The van der Waals surface area contributed by atoms with E-state index in [4.69, 9.17) is 9.84 Å². The van der Waals surface area contributed by atoms with Crippen molar-refractivity contribution < 1.29 is 14.6 Å². The summed E-state index contributed by atoms with van der Waals surface area (Å²) in [4.78, 5) is 11.1. The lowest BCUT2D eigenvalue weighted by molar-refractivity contribution is -0.131. The van der Waals surface area contributed by atoms with Crippen LogP contribution in [0.4, 0.5) is 0 Å². The van der Waals surface area contributed by atoms with E-state index in [-0.39, 0.29) is 5.41 Å². The Labute approximate surface area is 197 Å². The van der Waals surface area contributed by atoms with Gasteiger partial charge < -0.3 is 9.84 Å². The molecule has 3 nitrogen and oxygen atoms in total. The van der Waals surface area contributed by atoms with E-state index >= 15 is 0 Å². The predicted molar refractivity (Wildman–Crippen MR) is 137 cm³/mol. The largest absolute Gasteiger partial charge is 0.488 e. The van der Waals surface area contributed by atoms with Crippen molar-refractivity contribution in [2.45, 2.75) is 59.0 Å². The summed E-state index contributed by atoms with van der Waals surface area (Å²) in [5, 5.41) is 9.13. The molecule has 0 aliphatic heterocycles. The first-order chi connectivity index (χ1) is 15.8. The molecule has 172 valence electrons. The van der Waals surface area contributed by atoms with Crippen LogP contribution in [0.3, 0.4) is 0 Å². The van der Waals surface area contributed by atoms with Crippen molar-refractivity contribution in [3.8, 4) is 16.9 Å². The van der Waals surface area contributed by atoms with Crippen LogP contribution in [-0.2, 0) is 23.2 Å². The van der Waals surface area contributed by atoms with Crippen molar-refractivity contribution in [1.82, 2.24) is 0 Å². The van der Waals surface area contributed by atoms with E-state index in [0.717, 1.165) is 34.8 Å². The van der Waals surface area contributed by atoms with Gasteiger partial charge >= 0.3 is 5.97 Å². The van der Waals surface area contributed by atoms with Crippen LogP contribution in [-0.4, -0.2) is 11.1 Å². The van der Waals surface area contributed by atoms with Crippen molar-refractivity contribution in [3.63, 3.8) is 0 Å². The van der Waals surface area contributed by atoms with E-state index in [0.29, 0.717) is 12.4 Å². The van der Waals surface area contributed by atoms with Gasteiger partial charge in [-0.25, -0.2) is 4.79 Å². The molecule has 0 spiro atoms. The summed E-state index contributed by atoms with van der Waals surface area (Å²) in [5.74, 6) is -0.319. The second kappa shape index (κ2) is 11.0. The van der Waals surface area contributed by atoms with Crippen LogP contribution in [0.1, 0.15) is 62.8 Å². The lowest BCUT2D eigenvalue weighted by atomic mass is 9.87. The van der Waals surface area contributed by atoms with Crippen molar-refractivity contribution in [2.24, 2.45) is 0 Å². The fourth-order valence-electron chi connectivity index (χ4n) is 3.66. The summed E-state index contributed by atoms with van der Waals surface area (Å²) in [6.45, 7) is 9.20. The number of carbonyl (C=O) groups is 1. The molecule has 3 aromatic carbocycles. The molecule has 33 heavy (non-hydrogen) atoms. The summed E-state index contributed by atoms with van der Waals surface area (Å²) in [7, 11) is 0. The number of hydrogen-bond donors (Lipinski definition) is 1. The third-order valence-electron chi connectivity index (χ3n) is 5.74.